The molecule has 3 rings (SSSR count). The molecule has 0 aromatic heterocycles. The lowest BCUT2D eigenvalue weighted by molar-refractivity contribution is -0.114. The normalized spacial score (nSPS) is 16.4. The van der Waals surface area contributed by atoms with E-state index in [9.17, 15) is 13.2 Å². The Morgan fingerprint density at radius 1 is 1.08 bits per heavy atom. The maximum atomic E-state index is 13.1. The predicted octanol–water partition coefficient (Wildman–Crippen LogP) is 3.52. The second-order valence-electron chi connectivity index (χ2n) is 6.75. The zero-order valence-electron chi connectivity index (χ0n) is 15.1. The molecule has 2 aromatic rings. The maximum absolute atomic E-state index is 13.1. The van der Waals surface area contributed by atoms with Gasteiger partial charge in [0.25, 0.3) is 0 Å². The van der Waals surface area contributed by atoms with Gasteiger partial charge in [0, 0.05) is 25.7 Å². The summed E-state index contributed by atoms with van der Waals surface area (Å²) in [4.78, 5) is 11.5. The number of amides is 1. The summed E-state index contributed by atoms with van der Waals surface area (Å²) in [5.74, 6) is 0.176. The minimum Gasteiger partial charge on any atom is -0.326 e. The fourth-order valence-electron chi connectivity index (χ4n) is 3.45. The van der Waals surface area contributed by atoms with E-state index in [2.05, 4.69) is 17.4 Å². The molecule has 0 spiro atoms. The molecule has 0 saturated carbocycles. The smallest absolute Gasteiger partial charge is 0.243 e. The third kappa shape index (κ3) is 3.97. The highest BCUT2D eigenvalue weighted by Crippen LogP contribution is 2.32. The van der Waals surface area contributed by atoms with Gasteiger partial charge in [0.15, 0.2) is 0 Å². The van der Waals surface area contributed by atoms with Crippen LogP contribution in [0.2, 0.25) is 0 Å². The van der Waals surface area contributed by atoms with Crippen LogP contribution in [0.3, 0.4) is 0 Å². The monoisotopic (exact) mass is 372 g/mol. The SMILES string of the molecule is CC(=O)Nc1ccc(C)c(S(=O)(=O)N2CCC(c3ccccc3)CC2)c1. The number of carbonyl (C=O) groups is 1. The van der Waals surface area contributed by atoms with Gasteiger partial charge < -0.3 is 5.32 Å². The highest BCUT2D eigenvalue weighted by Gasteiger charge is 2.31. The summed E-state index contributed by atoms with van der Waals surface area (Å²) in [6.45, 7) is 4.20. The topological polar surface area (TPSA) is 66.5 Å². The van der Waals surface area contributed by atoms with Crippen molar-refractivity contribution >= 4 is 21.6 Å². The molecule has 6 heteroatoms. The number of aryl methyl sites for hydroxylation is 1. The summed E-state index contributed by atoms with van der Waals surface area (Å²) in [5.41, 5.74) is 2.46. The van der Waals surface area contributed by atoms with Gasteiger partial charge in [0.2, 0.25) is 15.9 Å². The summed E-state index contributed by atoms with van der Waals surface area (Å²) in [5, 5.41) is 2.65. The average Bonchev–Trinajstić information content (AvgIpc) is 2.63. The summed E-state index contributed by atoms with van der Waals surface area (Å²) < 4.78 is 27.8. The molecule has 0 aliphatic carbocycles. The van der Waals surface area contributed by atoms with Crippen molar-refractivity contribution in [1.29, 1.82) is 0 Å². The zero-order chi connectivity index (χ0) is 18.7. The molecule has 0 radical (unpaired) electrons. The minimum atomic E-state index is -3.57. The van der Waals surface area contributed by atoms with E-state index in [1.807, 2.05) is 18.2 Å². The highest BCUT2D eigenvalue weighted by atomic mass is 32.2. The van der Waals surface area contributed by atoms with Crippen LogP contribution in [0.25, 0.3) is 0 Å². The molecule has 0 unspecified atom stereocenters. The molecule has 0 atom stereocenters. The van der Waals surface area contributed by atoms with E-state index in [1.54, 1.807) is 29.4 Å². The lowest BCUT2D eigenvalue weighted by atomic mass is 9.90. The molecule has 0 bridgehead atoms. The first kappa shape index (κ1) is 18.6. The Bertz CT molecular complexity index is 887. The van der Waals surface area contributed by atoms with E-state index in [0.29, 0.717) is 30.3 Å². The molecule has 1 amide bonds. The molecule has 1 aliphatic heterocycles. The van der Waals surface area contributed by atoms with Gasteiger partial charge in [0.05, 0.1) is 4.90 Å². The standard InChI is InChI=1S/C20H24N2O3S/c1-15-8-9-19(21-16(2)23)14-20(15)26(24,25)22-12-10-18(11-13-22)17-6-4-3-5-7-17/h3-9,14,18H,10-13H2,1-2H3,(H,21,23). The Morgan fingerprint density at radius 3 is 2.35 bits per heavy atom. The minimum absolute atomic E-state index is 0.221. The molecule has 1 N–H and O–H groups in total. The van der Waals surface area contributed by atoms with E-state index in [0.717, 1.165) is 12.8 Å². The van der Waals surface area contributed by atoms with Crippen LogP contribution in [0, 0.1) is 6.92 Å². The van der Waals surface area contributed by atoms with Crippen LogP contribution in [0.15, 0.2) is 53.4 Å². The molecular weight excluding hydrogens is 348 g/mol. The summed E-state index contributed by atoms with van der Waals surface area (Å²) in [6.07, 6.45) is 1.63. The van der Waals surface area contributed by atoms with Crippen LogP contribution in [-0.4, -0.2) is 31.7 Å². The Balaban J connectivity index is 1.78. The number of rotatable bonds is 4. The Kier molecular flexibility index (Phi) is 5.44. The lowest BCUT2D eigenvalue weighted by Gasteiger charge is -2.32. The van der Waals surface area contributed by atoms with Crippen LogP contribution in [0.5, 0.6) is 0 Å². The number of nitrogens with one attached hydrogen (secondary N) is 1. The molecule has 1 saturated heterocycles. The Labute approximate surface area is 155 Å². The lowest BCUT2D eigenvalue weighted by Crippen LogP contribution is -2.38. The van der Waals surface area contributed by atoms with Crippen LogP contribution < -0.4 is 5.32 Å². The van der Waals surface area contributed by atoms with Gasteiger partial charge in [-0.25, -0.2) is 8.42 Å². The van der Waals surface area contributed by atoms with Gasteiger partial charge in [-0.05, 0) is 48.9 Å². The van der Waals surface area contributed by atoms with Crippen molar-refractivity contribution in [3.05, 3.63) is 59.7 Å². The van der Waals surface area contributed by atoms with Crippen LogP contribution in [0.1, 0.15) is 36.8 Å². The highest BCUT2D eigenvalue weighted by molar-refractivity contribution is 7.89. The van der Waals surface area contributed by atoms with E-state index < -0.39 is 10.0 Å². The van der Waals surface area contributed by atoms with Crippen molar-refractivity contribution in [2.24, 2.45) is 0 Å². The maximum Gasteiger partial charge on any atom is 0.243 e. The Hall–Kier alpha value is -2.18. The first-order chi connectivity index (χ1) is 12.4. The average molecular weight is 372 g/mol. The van der Waals surface area contributed by atoms with Crippen molar-refractivity contribution in [1.82, 2.24) is 4.31 Å². The van der Waals surface area contributed by atoms with Crippen molar-refractivity contribution in [2.45, 2.75) is 37.5 Å². The predicted molar refractivity (Wildman–Crippen MR) is 103 cm³/mol. The van der Waals surface area contributed by atoms with E-state index in [4.69, 9.17) is 0 Å². The summed E-state index contributed by atoms with van der Waals surface area (Å²) in [7, 11) is -3.57. The zero-order valence-corrected chi connectivity index (χ0v) is 15.9. The fraction of sp³-hybridized carbons (Fsp3) is 0.350. The van der Waals surface area contributed by atoms with Crippen LogP contribution >= 0.6 is 0 Å². The largest absolute Gasteiger partial charge is 0.326 e. The summed E-state index contributed by atoms with van der Waals surface area (Å²) in [6, 6.07) is 15.3. The first-order valence-corrected chi connectivity index (χ1v) is 10.3. The van der Waals surface area contributed by atoms with Gasteiger partial charge in [-0.1, -0.05) is 36.4 Å². The molecular formula is C20H24N2O3S. The van der Waals surface area contributed by atoms with E-state index >= 15 is 0 Å². The number of anilines is 1. The van der Waals surface area contributed by atoms with Gasteiger partial charge >= 0.3 is 0 Å². The van der Waals surface area contributed by atoms with Crippen molar-refractivity contribution in [3.63, 3.8) is 0 Å². The van der Waals surface area contributed by atoms with Crippen LogP contribution in [-0.2, 0) is 14.8 Å². The van der Waals surface area contributed by atoms with Crippen molar-refractivity contribution in [3.8, 4) is 0 Å². The van der Waals surface area contributed by atoms with E-state index in [-0.39, 0.29) is 10.8 Å². The molecule has 2 aromatic carbocycles. The Morgan fingerprint density at radius 2 is 1.73 bits per heavy atom. The number of nitrogens with zero attached hydrogens (tertiary/aromatic N) is 1. The van der Waals surface area contributed by atoms with Crippen molar-refractivity contribution in [2.75, 3.05) is 18.4 Å². The fourth-order valence-corrected chi connectivity index (χ4v) is 5.17. The second-order valence-corrected chi connectivity index (χ2v) is 8.66. The quantitative estimate of drug-likeness (QED) is 0.893. The summed E-state index contributed by atoms with van der Waals surface area (Å²) >= 11 is 0. The number of hydrogen-bond acceptors (Lipinski definition) is 3. The third-order valence-corrected chi connectivity index (χ3v) is 6.89. The number of carbonyl (C=O) groups excluding carboxylic acids is 1. The van der Waals surface area contributed by atoms with Crippen molar-refractivity contribution < 1.29 is 13.2 Å². The molecule has 1 heterocycles. The third-order valence-electron chi connectivity index (χ3n) is 4.85. The number of sulfonamides is 1. The van der Waals surface area contributed by atoms with Gasteiger partial charge in [-0.3, -0.25) is 4.79 Å². The molecule has 138 valence electrons. The molecule has 1 fully saturated rings. The van der Waals surface area contributed by atoms with Gasteiger partial charge in [0.1, 0.15) is 0 Å². The van der Waals surface area contributed by atoms with E-state index in [1.165, 1.54) is 12.5 Å². The number of hydrogen-bond donors (Lipinski definition) is 1. The molecule has 5 nitrogen and oxygen atoms in total. The second kappa shape index (κ2) is 7.60. The number of benzene rings is 2. The van der Waals surface area contributed by atoms with Gasteiger partial charge in [-0.15, -0.1) is 0 Å². The van der Waals surface area contributed by atoms with Gasteiger partial charge in [-0.2, -0.15) is 4.31 Å². The van der Waals surface area contributed by atoms with Crippen LogP contribution in [0.4, 0.5) is 5.69 Å². The molecule has 1 aliphatic rings. The molecule has 26 heavy (non-hydrogen) atoms. The number of piperidine rings is 1. The first-order valence-electron chi connectivity index (χ1n) is 8.81.